The van der Waals surface area contributed by atoms with Crippen LogP contribution in [-0.4, -0.2) is 16.9 Å². The van der Waals surface area contributed by atoms with Gasteiger partial charge in [0.1, 0.15) is 5.01 Å². The first-order valence-corrected chi connectivity index (χ1v) is 7.26. The van der Waals surface area contributed by atoms with Crippen LogP contribution in [-0.2, 0) is 14.3 Å². The fourth-order valence-electron chi connectivity index (χ4n) is 2.09. The summed E-state index contributed by atoms with van der Waals surface area (Å²) in [4.78, 5) is 27.9. The molecule has 2 aromatic rings. The van der Waals surface area contributed by atoms with E-state index in [2.05, 4.69) is 9.72 Å². The summed E-state index contributed by atoms with van der Waals surface area (Å²) in [6.45, 7) is 0. The van der Waals surface area contributed by atoms with E-state index in [4.69, 9.17) is 11.6 Å². The zero-order chi connectivity index (χ0) is 14.1. The quantitative estimate of drug-likeness (QED) is 0.630. The second-order valence-electron chi connectivity index (χ2n) is 4.53. The maximum atomic E-state index is 11.3. The number of benzene rings is 1. The third kappa shape index (κ3) is 2.73. The van der Waals surface area contributed by atoms with Gasteiger partial charge in [-0.25, -0.2) is 4.98 Å². The number of hydrogen-bond donors (Lipinski definition) is 0. The molecule has 1 aromatic heterocycles. The van der Waals surface area contributed by atoms with Crippen molar-refractivity contribution in [3.8, 4) is 10.6 Å². The number of ether oxygens (including phenoxy) is 1. The van der Waals surface area contributed by atoms with Crippen LogP contribution < -0.4 is 0 Å². The lowest BCUT2D eigenvalue weighted by atomic mass is 9.98. The lowest BCUT2D eigenvalue weighted by Gasteiger charge is -2.17. The van der Waals surface area contributed by atoms with Gasteiger partial charge >= 0.3 is 11.9 Å². The van der Waals surface area contributed by atoms with Crippen LogP contribution in [0.25, 0.3) is 10.6 Å². The number of rotatable bonds is 2. The number of hydrogen-bond acceptors (Lipinski definition) is 5. The van der Waals surface area contributed by atoms with Crippen LogP contribution in [0.3, 0.4) is 0 Å². The second-order valence-corrected chi connectivity index (χ2v) is 6.02. The Balaban J connectivity index is 1.84. The molecule has 0 aliphatic carbocycles. The molecule has 4 nitrogen and oxygen atoms in total. The molecule has 1 saturated heterocycles. The van der Waals surface area contributed by atoms with E-state index in [0.29, 0.717) is 5.02 Å². The van der Waals surface area contributed by atoms with Gasteiger partial charge in [-0.2, -0.15) is 0 Å². The fourth-order valence-corrected chi connectivity index (χ4v) is 3.23. The van der Waals surface area contributed by atoms with Gasteiger partial charge in [0.25, 0.3) is 0 Å². The summed E-state index contributed by atoms with van der Waals surface area (Å²) in [6.07, 6.45) is 2.19. The maximum absolute atomic E-state index is 11.3. The smallest absolute Gasteiger partial charge is 0.314 e. The Morgan fingerprint density at radius 1 is 1.15 bits per heavy atom. The molecule has 0 saturated carbocycles. The van der Waals surface area contributed by atoms with Crippen LogP contribution >= 0.6 is 22.9 Å². The summed E-state index contributed by atoms with van der Waals surface area (Å²) in [5, 5.41) is 1.52. The number of aromatic nitrogens is 1. The van der Waals surface area contributed by atoms with E-state index in [1.54, 1.807) is 18.3 Å². The van der Waals surface area contributed by atoms with Crippen LogP contribution in [0.1, 0.15) is 23.6 Å². The molecule has 1 aliphatic rings. The first kappa shape index (κ1) is 13.3. The highest BCUT2D eigenvalue weighted by Crippen LogP contribution is 2.35. The van der Waals surface area contributed by atoms with Gasteiger partial charge in [0.2, 0.25) is 0 Å². The minimum atomic E-state index is -0.465. The zero-order valence-electron chi connectivity index (χ0n) is 10.3. The van der Waals surface area contributed by atoms with Crippen molar-refractivity contribution in [2.24, 2.45) is 0 Å². The Hall–Kier alpha value is -1.72. The van der Waals surface area contributed by atoms with E-state index in [1.807, 2.05) is 12.1 Å². The summed E-state index contributed by atoms with van der Waals surface area (Å²) >= 11 is 7.34. The molecule has 1 aromatic carbocycles. The van der Waals surface area contributed by atoms with Gasteiger partial charge in [-0.15, -0.1) is 11.3 Å². The molecule has 0 unspecified atom stereocenters. The van der Waals surface area contributed by atoms with Gasteiger partial charge in [-0.1, -0.05) is 23.7 Å². The van der Waals surface area contributed by atoms with Crippen molar-refractivity contribution in [1.29, 1.82) is 0 Å². The summed E-state index contributed by atoms with van der Waals surface area (Å²) in [5.74, 6) is -1.05. The Kier molecular flexibility index (Phi) is 3.54. The molecule has 0 N–H and O–H groups in total. The first-order chi connectivity index (χ1) is 9.61. The van der Waals surface area contributed by atoms with Gasteiger partial charge in [0.15, 0.2) is 0 Å². The number of carbonyl (C=O) groups excluding carboxylic acids is 2. The van der Waals surface area contributed by atoms with Crippen LogP contribution in [0, 0.1) is 0 Å². The lowest BCUT2D eigenvalue weighted by Crippen LogP contribution is -2.23. The molecule has 0 bridgehead atoms. The highest BCUT2D eigenvalue weighted by molar-refractivity contribution is 7.15. The number of cyclic esters (lactones) is 2. The monoisotopic (exact) mass is 307 g/mol. The summed E-state index contributed by atoms with van der Waals surface area (Å²) in [7, 11) is 0. The minimum Gasteiger partial charge on any atom is -0.393 e. The van der Waals surface area contributed by atoms with Crippen LogP contribution in [0.2, 0.25) is 5.02 Å². The van der Waals surface area contributed by atoms with Gasteiger partial charge < -0.3 is 4.74 Å². The molecule has 3 rings (SSSR count). The second kappa shape index (κ2) is 5.34. The number of carbonyl (C=O) groups is 2. The van der Waals surface area contributed by atoms with Crippen molar-refractivity contribution in [3.05, 3.63) is 40.4 Å². The topological polar surface area (TPSA) is 56.3 Å². The Bertz CT molecular complexity index is 649. The Labute approximate surface area is 124 Å². The van der Waals surface area contributed by atoms with Crippen LogP contribution in [0.15, 0.2) is 30.5 Å². The maximum Gasteiger partial charge on any atom is 0.314 e. The minimum absolute atomic E-state index is 0.123. The van der Waals surface area contributed by atoms with E-state index in [1.165, 1.54) is 11.3 Å². The third-order valence-electron chi connectivity index (χ3n) is 3.07. The summed E-state index contributed by atoms with van der Waals surface area (Å²) < 4.78 is 4.53. The molecule has 0 spiro atoms. The largest absolute Gasteiger partial charge is 0.393 e. The van der Waals surface area contributed by atoms with Gasteiger partial charge in [0, 0.05) is 27.6 Å². The van der Waals surface area contributed by atoms with Gasteiger partial charge in [-0.3, -0.25) is 9.59 Å². The predicted octanol–water partition coefficient (Wildman–Crippen LogP) is 3.41. The van der Waals surface area contributed by atoms with Crippen molar-refractivity contribution in [1.82, 2.24) is 4.98 Å². The molecular weight excluding hydrogens is 298 g/mol. The highest BCUT2D eigenvalue weighted by atomic mass is 35.5. The van der Waals surface area contributed by atoms with Gasteiger partial charge in [-0.05, 0) is 12.1 Å². The van der Waals surface area contributed by atoms with Crippen molar-refractivity contribution >= 4 is 34.9 Å². The average molecular weight is 308 g/mol. The van der Waals surface area contributed by atoms with Crippen molar-refractivity contribution in [2.45, 2.75) is 18.8 Å². The SMILES string of the molecule is O=C1CC(c2cnc(-c3ccc(Cl)cc3)s2)CC(=O)O1. The van der Waals surface area contributed by atoms with E-state index in [0.717, 1.165) is 15.4 Å². The van der Waals surface area contributed by atoms with E-state index < -0.39 is 11.9 Å². The van der Waals surface area contributed by atoms with E-state index in [9.17, 15) is 9.59 Å². The Morgan fingerprint density at radius 2 is 1.80 bits per heavy atom. The molecule has 6 heteroatoms. The molecule has 20 heavy (non-hydrogen) atoms. The first-order valence-electron chi connectivity index (χ1n) is 6.07. The number of thiazole rings is 1. The van der Waals surface area contributed by atoms with Crippen molar-refractivity contribution in [2.75, 3.05) is 0 Å². The lowest BCUT2D eigenvalue weighted by molar-refractivity contribution is -0.163. The molecule has 0 radical (unpaired) electrons. The van der Waals surface area contributed by atoms with Crippen molar-refractivity contribution in [3.63, 3.8) is 0 Å². The van der Waals surface area contributed by atoms with Crippen LogP contribution in [0.5, 0.6) is 0 Å². The molecule has 0 atom stereocenters. The molecule has 102 valence electrons. The number of nitrogens with zero attached hydrogens (tertiary/aromatic N) is 1. The fraction of sp³-hybridized carbons (Fsp3) is 0.214. The van der Waals surface area contributed by atoms with Crippen molar-refractivity contribution < 1.29 is 14.3 Å². The molecule has 1 aliphatic heterocycles. The number of halogens is 1. The number of esters is 2. The molecular formula is C14H10ClNO3S. The molecule has 2 heterocycles. The Morgan fingerprint density at radius 3 is 2.45 bits per heavy atom. The molecule has 1 fully saturated rings. The third-order valence-corrected chi connectivity index (χ3v) is 4.53. The van der Waals surface area contributed by atoms with E-state index in [-0.39, 0.29) is 18.8 Å². The van der Waals surface area contributed by atoms with Crippen LogP contribution in [0.4, 0.5) is 0 Å². The summed E-state index contributed by atoms with van der Waals surface area (Å²) in [6, 6.07) is 7.40. The standard InChI is InChI=1S/C14H10ClNO3S/c15-10-3-1-8(2-4-10)14-16-7-11(20-14)9-5-12(17)19-13(18)6-9/h1-4,7,9H,5-6H2. The molecule has 0 amide bonds. The normalized spacial score (nSPS) is 16.2. The van der Waals surface area contributed by atoms with Gasteiger partial charge in [0.05, 0.1) is 12.8 Å². The zero-order valence-corrected chi connectivity index (χ0v) is 11.9. The van der Waals surface area contributed by atoms with E-state index >= 15 is 0 Å². The average Bonchev–Trinajstić information content (AvgIpc) is 2.88. The highest BCUT2D eigenvalue weighted by Gasteiger charge is 2.29. The predicted molar refractivity (Wildman–Crippen MR) is 75.6 cm³/mol. The summed E-state index contributed by atoms with van der Waals surface area (Å²) in [5.41, 5.74) is 0.968.